The highest BCUT2D eigenvalue weighted by atomic mass is 16.5. The second kappa shape index (κ2) is 7.55. The lowest BCUT2D eigenvalue weighted by Gasteiger charge is -2.08. The lowest BCUT2D eigenvalue weighted by Crippen LogP contribution is -1.93. The fourth-order valence-corrected chi connectivity index (χ4v) is 2.07. The first-order chi connectivity index (χ1) is 9.42. The van der Waals surface area contributed by atoms with Crippen molar-refractivity contribution in [2.75, 3.05) is 13.2 Å². The summed E-state index contributed by atoms with van der Waals surface area (Å²) in [7, 11) is 0. The molecule has 0 radical (unpaired) electrons. The van der Waals surface area contributed by atoms with Gasteiger partial charge in [0.25, 0.3) is 0 Å². The smallest absolute Gasteiger partial charge is 0.0500 e. The predicted molar refractivity (Wildman–Crippen MR) is 81.1 cm³/mol. The van der Waals surface area contributed by atoms with Crippen LogP contribution < -0.4 is 0 Å². The maximum atomic E-state index is 5.41. The fraction of sp³-hybridized carbons (Fsp3) is 0.222. The molecule has 0 fully saturated rings. The first-order valence-electron chi connectivity index (χ1n) is 6.80. The zero-order chi connectivity index (χ0) is 13.3. The third-order valence-electron chi connectivity index (χ3n) is 2.98. The second-order valence-corrected chi connectivity index (χ2v) is 4.34. The lowest BCUT2D eigenvalue weighted by atomic mass is 9.97. The Morgan fingerprint density at radius 2 is 1.42 bits per heavy atom. The summed E-state index contributed by atoms with van der Waals surface area (Å²) in [4.78, 5) is 0. The minimum Gasteiger partial charge on any atom is -0.381 e. The lowest BCUT2D eigenvalue weighted by molar-refractivity contribution is 0.152. The molecule has 2 rings (SSSR count). The number of hydrogen-bond acceptors (Lipinski definition) is 1. The molecule has 1 nitrogen and oxygen atoms in total. The molecule has 0 aliphatic heterocycles. The highest BCUT2D eigenvalue weighted by Crippen LogP contribution is 2.23. The summed E-state index contributed by atoms with van der Waals surface area (Å²) in [6.45, 7) is 3.58. The van der Waals surface area contributed by atoms with E-state index in [0.717, 1.165) is 19.6 Å². The van der Waals surface area contributed by atoms with Crippen molar-refractivity contribution >= 4 is 5.57 Å². The van der Waals surface area contributed by atoms with Gasteiger partial charge in [0.2, 0.25) is 0 Å². The van der Waals surface area contributed by atoms with E-state index in [1.807, 2.05) is 19.1 Å². The van der Waals surface area contributed by atoms with Crippen molar-refractivity contribution in [1.29, 1.82) is 0 Å². The summed E-state index contributed by atoms with van der Waals surface area (Å²) in [5, 5.41) is 0. The minimum atomic E-state index is 0.777. The van der Waals surface area contributed by atoms with E-state index in [0.29, 0.717) is 0 Å². The molecule has 0 spiro atoms. The average molecular weight is 252 g/mol. The second-order valence-electron chi connectivity index (χ2n) is 4.34. The molecule has 1 heteroatoms. The minimum absolute atomic E-state index is 0.777. The van der Waals surface area contributed by atoms with Gasteiger partial charge < -0.3 is 4.74 Å². The molecule has 0 heterocycles. The number of ether oxygens (including phenoxy) is 1. The molecule has 0 saturated heterocycles. The van der Waals surface area contributed by atoms with Crippen molar-refractivity contribution in [3.05, 3.63) is 77.9 Å². The molecule has 0 aliphatic carbocycles. The molecule has 2 aromatic carbocycles. The third kappa shape index (κ3) is 4.08. The van der Waals surface area contributed by atoms with Crippen LogP contribution in [0.1, 0.15) is 24.5 Å². The average Bonchev–Trinajstić information content (AvgIpc) is 2.49. The molecule has 0 unspecified atom stereocenters. The number of benzene rings is 2. The summed E-state index contributed by atoms with van der Waals surface area (Å²) in [6, 6.07) is 21.0. The summed E-state index contributed by atoms with van der Waals surface area (Å²) < 4.78 is 5.41. The van der Waals surface area contributed by atoms with Crippen LogP contribution in [0.4, 0.5) is 0 Å². The molecule has 0 aromatic heterocycles. The van der Waals surface area contributed by atoms with Crippen molar-refractivity contribution in [1.82, 2.24) is 0 Å². The standard InChI is InChI=1S/C18H20O/c1-2-19-15-9-14-18(16-10-5-3-6-11-16)17-12-7-4-8-13-17/h3-8,10-14H,2,9,15H2,1H3. The zero-order valence-corrected chi connectivity index (χ0v) is 11.4. The summed E-state index contributed by atoms with van der Waals surface area (Å²) in [6.07, 6.45) is 3.20. The van der Waals surface area contributed by atoms with Gasteiger partial charge in [0.1, 0.15) is 0 Å². The SMILES string of the molecule is CCOCCC=C(c1ccccc1)c1ccccc1. The maximum absolute atomic E-state index is 5.41. The van der Waals surface area contributed by atoms with Crippen molar-refractivity contribution in [3.63, 3.8) is 0 Å². The van der Waals surface area contributed by atoms with Crippen LogP contribution in [0.15, 0.2) is 66.7 Å². The fourth-order valence-electron chi connectivity index (χ4n) is 2.07. The van der Waals surface area contributed by atoms with E-state index in [1.54, 1.807) is 0 Å². The Bertz CT molecular complexity index is 458. The Labute approximate surface area is 115 Å². The van der Waals surface area contributed by atoms with E-state index in [1.165, 1.54) is 16.7 Å². The highest BCUT2D eigenvalue weighted by Gasteiger charge is 2.03. The van der Waals surface area contributed by atoms with Gasteiger partial charge in [0.05, 0.1) is 6.61 Å². The van der Waals surface area contributed by atoms with E-state index in [4.69, 9.17) is 4.74 Å². The topological polar surface area (TPSA) is 9.23 Å². The molecular formula is C18H20O. The molecule has 0 bridgehead atoms. The van der Waals surface area contributed by atoms with E-state index >= 15 is 0 Å². The van der Waals surface area contributed by atoms with Gasteiger partial charge in [-0.05, 0) is 30.0 Å². The molecule has 0 aliphatic rings. The largest absolute Gasteiger partial charge is 0.381 e. The summed E-state index contributed by atoms with van der Waals surface area (Å²) in [5.41, 5.74) is 3.79. The number of rotatable bonds is 6. The molecule has 2 aromatic rings. The predicted octanol–water partition coefficient (Wildman–Crippen LogP) is 4.54. The Hall–Kier alpha value is -1.86. The highest BCUT2D eigenvalue weighted by molar-refractivity contribution is 5.79. The van der Waals surface area contributed by atoms with Crippen LogP contribution in [-0.4, -0.2) is 13.2 Å². The van der Waals surface area contributed by atoms with Gasteiger partial charge in [-0.1, -0.05) is 66.7 Å². The quantitative estimate of drug-likeness (QED) is 0.686. The third-order valence-corrected chi connectivity index (χ3v) is 2.98. The van der Waals surface area contributed by atoms with Crippen LogP contribution in [0.25, 0.3) is 5.57 Å². The van der Waals surface area contributed by atoms with E-state index in [9.17, 15) is 0 Å². The Morgan fingerprint density at radius 3 is 1.89 bits per heavy atom. The first-order valence-corrected chi connectivity index (χ1v) is 6.80. The summed E-state index contributed by atoms with van der Waals surface area (Å²) >= 11 is 0. The van der Waals surface area contributed by atoms with Crippen LogP contribution in [-0.2, 0) is 4.74 Å². The van der Waals surface area contributed by atoms with Gasteiger partial charge in [-0.25, -0.2) is 0 Å². The molecule has 0 atom stereocenters. The molecule has 98 valence electrons. The van der Waals surface area contributed by atoms with Gasteiger partial charge in [0.15, 0.2) is 0 Å². The monoisotopic (exact) mass is 252 g/mol. The van der Waals surface area contributed by atoms with Gasteiger partial charge in [-0.3, -0.25) is 0 Å². The van der Waals surface area contributed by atoms with Crippen molar-refractivity contribution < 1.29 is 4.74 Å². The first kappa shape index (κ1) is 13.6. The van der Waals surface area contributed by atoms with E-state index < -0.39 is 0 Å². The van der Waals surface area contributed by atoms with Gasteiger partial charge in [0, 0.05) is 6.61 Å². The molecule has 0 saturated carbocycles. The van der Waals surface area contributed by atoms with Gasteiger partial charge >= 0.3 is 0 Å². The van der Waals surface area contributed by atoms with Crippen LogP contribution in [0.3, 0.4) is 0 Å². The van der Waals surface area contributed by atoms with Crippen LogP contribution in [0.2, 0.25) is 0 Å². The van der Waals surface area contributed by atoms with Crippen molar-refractivity contribution in [3.8, 4) is 0 Å². The van der Waals surface area contributed by atoms with Crippen molar-refractivity contribution in [2.45, 2.75) is 13.3 Å². The zero-order valence-electron chi connectivity index (χ0n) is 11.4. The van der Waals surface area contributed by atoms with Crippen LogP contribution in [0, 0.1) is 0 Å². The van der Waals surface area contributed by atoms with E-state index in [2.05, 4.69) is 54.6 Å². The van der Waals surface area contributed by atoms with Crippen LogP contribution in [0.5, 0.6) is 0 Å². The Balaban J connectivity index is 2.24. The number of hydrogen-bond donors (Lipinski definition) is 0. The normalized spacial score (nSPS) is 10.2. The van der Waals surface area contributed by atoms with Gasteiger partial charge in [-0.15, -0.1) is 0 Å². The van der Waals surface area contributed by atoms with E-state index in [-0.39, 0.29) is 0 Å². The molecule has 19 heavy (non-hydrogen) atoms. The van der Waals surface area contributed by atoms with Crippen molar-refractivity contribution in [2.24, 2.45) is 0 Å². The summed E-state index contributed by atoms with van der Waals surface area (Å²) in [5.74, 6) is 0. The molecular weight excluding hydrogens is 232 g/mol. The van der Waals surface area contributed by atoms with Crippen LogP contribution >= 0.6 is 0 Å². The molecule has 0 N–H and O–H groups in total. The molecule has 0 amide bonds. The van der Waals surface area contributed by atoms with Gasteiger partial charge in [-0.2, -0.15) is 0 Å². The Morgan fingerprint density at radius 1 is 0.895 bits per heavy atom. The maximum Gasteiger partial charge on any atom is 0.0500 e. The Kier molecular flexibility index (Phi) is 5.39.